The molecule has 8 nitrogen and oxygen atoms in total. The van der Waals surface area contributed by atoms with Crippen LogP contribution in [0.3, 0.4) is 0 Å². The normalized spacial score (nSPS) is 21.2. The van der Waals surface area contributed by atoms with E-state index < -0.39 is 12.1 Å². The predicted molar refractivity (Wildman–Crippen MR) is 194 cm³/mol. The zero-order valence-corrected chi connectivity index (χ0v) is 28.9. The number of esters is 1. The standard InChI is InChI=1S/C42H35ClN2O6/c1-23-34(43)19-18-32-33(42(49)51-24(2)39(46)27-12-16-31(17-13-27)50-22-25-6-4-3-5-7-25)21-35(44-38(23)32)26-10-14-30(15-11-26)45-40(47)36-28-8-9-29(20-28)37(36)41(45)48/h3-7,10-19,21,24,28-29,36-37H,8-9,20,22H2,1-2H3. The van der Waals surface area contributed by atoms with Gasteiger partial charge in [0.25, 0.3) is 0 Å². The molecule has 3 aliphatic rings. The third-order valence-electron chi connectivity index (χ3n) is 10.8. The minimum absolute atomic E-state index is 0.0971. The third kappa shape index (κ3) is 5.87. The minimum Gasteiger partial charge on any atom is -0.489 e. The van der Waals surface area contributed by atoms with E-state index in [0.717, 1.165) is 24.8 Å². The number of hydrogen-bond acceptors (Lipinski definition) is 7. The van der Waals surface area contributed by atoms with Crippen LogP contribution in [-0.2, 0) is 20.9 Å². The molecule has 8 rings (SSSR count). The molecule has 2 saturated carbocycles. The maximum atomic E-state index is 13.8. The minimum atomic E-state index is -1.07. The lowest BCUT2D eigenvalue weighted by Gasteiger charge is -2.19. The Kier molecular flexibility index (Phi) is 8.43. The molecule has 2 aliphatic carbocycles. The molecule has 1 aliphatic heterocycles. The van der Waals surface area contributed by atoms with E-state index in [1.807, 2.05) is 37.3 Å². The van der Waals surface area contributed by atoms with Crippen LogP contribution >= 0.6 is 11.6 Å². The van der Waals surface area contributed by atoms with Crippen molar-refractivity contribution < 1.29 is 28.7 Å². The Labute approximate surface area is 300 Å². The van der Waals surface area contributed by atoms with E-state index in [1.165, 1.54) is 4.90 Å². The number of halogens is 1. The lowest BCUT2D eigenvalue weighted by molar-refractivity contribution is -0.123. The quantitative estimate of drug-likeness (QED) is 0.0865. The van der Waals surface area contributed by atoms with Crippen LogP contribution in [0.4, 0.5) is 5.69 Å². The van der Waals surface area contributed by atoms with Crippen molar-refractivity contribution in [3.05, 3.63) is 124 Å². The molecule has 5 aromatic rings. The molecule has 4 aromatic carbocycles. The monoisotopic (exact) mass is 698 g/mol. The van der Waals surface area contributed by atoms with Gasteiger partial charge in [0.15, 0.2) is 6.10 Å². The topological polar surface area (TPSA) is 103 Å². The number of anilines is 1. The van der Waals surface area contributed by atoms with Crippen molar-refractivity contribution in [3.8, 4) is 17.0 Å². The summed E-state index contributed by atoms with van der Waals surface area (Å²) in [5.41, 5.74) is 4.54. The zero-order valence-electron chi connectivity index (χ0n) is 28.2. The molecule has 2 bridgehead atoms. The van der Waals surface area contributed by atoms with E-state index >= 15 is 0 Å². The van der Waals surface area contributed by atoms with Gasteiger partial charge in [-0.2, -0.15) is 0 Å². The number of aromatic nitrogens is 1. The Bertz CT molecular complexity index is 2170. The fourth-order valence-electron chi connectivity index (χ4n) is 8.13. The van der Waals surface area contributed by atoms with Crippen LogP contribution in [0.5, 0.6) is 5.75 Å². The molecule has 0 radical (unpaired) electrons. The van der Waals surface area contributed by atoms with Crippen LogP contribution in [-0.4, -0.2) is 34.7 Å². The van der Waals surface area contributed by atoms with Gasteiger partial charge in [-0.15, -0.1) is 0 Å². The number of Topliss-reactive ketones (excluding diaryl/α,β-unsaturated/α-hetero) is 1. The summed E-state index contributed by atoms with van der Waals surface area (Å²) in [7, 11) is 0. The Balaban J connectivity index is 1.02. The van der Waals surface area contributed by atoms with Crippen molar-refractivity contribution in [1.29, 1.82) is 0 Å². The van der Waals surface area contributed by atoms with Gasteiger partial charge >= 0.3 is 5.97 Å². The molecular formula is C42H35ClN2O6. The molecular weight excluding hydrogens is 664 g/mol. The summed E-state index contributed by atoms with van der Waals surface area (Å²) >= 11 is 6.48. The molecule has 5 unspecified atom stereocenters. The van der Waals surface area contributed by atoms with Crippen molar-refractivity contribution >= 4 is 51.8 Å². The number of ether oxygens (including phenoxy) is 2. The molecule has 0 spiro atoms. The SMILES string of the molecule is Cc1c(Cl)ccc2c(C(=O)OC(C)C(=O)c3ccc(OCc4ccccc4)cc3)cc(-c3ccc(N4C(=O)C5C6CCC(C6)C5C4=O)cc3)nc12. The van der Waals surface area contributed by atoms with Crippen molar-refractivity contribution in [2.24, 2.45) is 23.7 Å². The number of pyridine rings is 1. The molecule has 0 N–H and O–H groups in total. The number of rotatable bonds is 9. The fourth-order valence-corrected chi connectivity index (χ4v) is 8.29. The van der Waals surface area contributed by atoms with E-state index in [9.17, 15) is 19.2 Å². The Morgan fingerprint density at radius 3 is 2.22 bits per heavy atom. The predicted octanol–water partition coefficient (Wildman–Crippen LogP) is 8.41. The lowest BCUT2D eigenvalue weighted by atomic mass is 9.81. The second-order valence-electron chi connectivity index (χ2n) is 13.8. The fraction of sp³-hybridized carbons (Fsp3) is 0.262. The van der Waals surface area contributed by atoms with Crippen LogP contribution in [0.25, 0.3) is 22.2 Å². The Morgan fingerprint density at radius 1 is 0.882 bits per heavy atom. The number of carbonyl (C=O) groups excluding carboxylic acids is 4. The van der Waals surface area contributed by atoms with E-state index in [0.29, 0.717) is 68.2 Å². The molecule has 2 amide bonds. The average molecular weight is 699 g/mol. The van der Waals surface area contributed by atoms with Gasteiger partial charge in [-0.05, 0) is 105 Å². The first kappa shape index (κ1) is 32.8. The first-order chi connectivity index (χ1) is 24.7. The first-order valence-electron chi connectivity index (χ1n) is 17.3. The summed E-state index contributed by atoms with van der Waals surface area (Å²) in [6, 6.07) is 28.7. The molecule has 5 atom stereocenters. The number of aryl methyl sites for hydroxylation is 1. The van der Waals surface area contributed by atoms with Gasteiger partial charge in [0.2, 0.25) is 17.6 Å². The number of ketones is 1. The van der Waals surface area contributed by atoms with Crippen molar-refractivity contribution in [2.75, 3.05) is 4.90 Å². The van der Waals surface area contributed by atoms with E-state index in [2.05, 4.69) is 0 Å². The molecule has 3 fully saturated rings. The molecule has 2 heterocycles. The van der Waals surface area contributed by atoms with Crippen LogP contribution in [0.1, 0.15) is 58.0 Å². The summed E-state index contributed by atoms with van der Waals surface area (Å²) in [4.78, 5) is 60.1. The lowest BCUT2D eigenvalue weighted by Crippen LogP contribution is -2.32. The van der Waals surface area contributed by atoms with E-state index in [1.54, 1.807) is 73.7 Å². The third-order valence-corrected chi connectivity index (χ3v) is 11.2. The Hall–Kier alpha value is -5.34. The maximum absolute atomic E-state index is 13.8. The van der Waals surface area contributed by atoms with Gasteiger partial charge in [-0.3, -0.25) is 19.3 Å². The number of imide groups is 1. The summed E-state index contributed by atoms with van der Waals surface area (Å²) < 4.78 is 11.6. The van der Waals surface area contributed by atoms with Gasteiger partial charge < -0.3 is 9.47 Å². The number of hydrogen-bond donors (Lipinski definition) is 0. The second kappa shape index (κ2) is 13.1. The number of benzene rings is 4. The van der Waals surface area contributed by atoms with Gasteiger partial charge in [0, 0.05) is 21.5 Å². The number of amides is 2. The maximum Gasteiger partial charge on any atom is 0.339 e. The Morgan fingerprint density at radius 2 is 1.55 bits per heavy atom. The number of nitrogens with zero attached hydrogens (tertiary/aromatic N) is 2. The van der Waals surface area contributed by atoms with Crippen LogP contribution in [0.2, 0.25) is 5.02 Å². The van der Waals surface area contributed by atoms with Crippen molar-refractivity contribution in [1.82, 2.24) is 4.98 Å². The molecule has 256 valence electrons. The first-order valence-corrected chi connectivity index (χ1v) is 17.7. The van der Waals surface area contributed by atoms with Crippen molar-refractivity contribution in [3.63, 3.8) is 0 Å². The van der Waals surface area contributed by atoms with Crippen molar-refractivity contribution in [2.45, 2.75) is 45.8 Å². The average Bonchev–Trinajstić information content (AvgIpc) is 3.85. The highest BCUT2D eigenvalue weighted by Crippen LogP contribution is 2.56. The zero-order chi connectivity index (χ0) is 35.4. The highest BCUT2D eigenvalue weighted by Gasteiger charge is 2.61. The molecule has 9 heteroatoms. The van der Waals surface area contributed by atoms with E-state index in [-0.39, 0.29) is 35.0 Å². The van der Waals surface area contributed by atoms with Gasteiger partial charge in [-0.1, -0.05) is 60.1 Å². The highest BCUT2D eigenvalue weighted by atomic mass is 35.5. The molecule has 1 aromatic heterocycles. The van der Waals surface area contributed by atoms with Gasteiger partial charge in [0.05, 0.1) is 34.3 Å². The second-order valence-corrected chi connectivity index (χ2v) is 14.2. The van der Waals surface area contributed by atoms with Crippen LogP contribution in [0.15, 0.2) is 97.1 Å². The largest absolute Gasteiger partial charge is 0.489 e. The van der Waals surface area contributed by atoms with Crippen LogP contribution in [0, 0.1) is 30.6 Å². The summed E-state index contributed by atoms with van der Waals surface area (Å²) in [5.74, 6) is -0.405. The summed E-state index contributed by atoms with van der Waals surface area (Å²) in [6.45, 7) is 3.78. The van der Waals surface area contributed by atoms with E-state index in [4.69, 9.17) is 26.1 Å². The number of fused-ring (bicyclic) bond motifs is 6. The summed E-state index contributed by atoms with van der Waals surface area (Å²) in [5, 5.41) is 1.03. The van der Waals surface area contributed by atoms with Gasteiger partial charge in [0.1, 0.15) is 12.4 Å². The highest BCUT2D eigenvalue weighted by molar-refractivity contribution is 6.32. The molecule has 51 heavy (non-hydrogen) atoms. The number of carbonyl (C=O) groups is 4. The molecule has 1 saturated heterocycles. The summed E-state index contributed by atoms with van der Waals surface area (Å²) in [6.07, 6.45) is 1.94. The van der Waals surface area contributed by atoms with Crippen LogP contribution < -0.4 is 9.64 Å². The smallest absolute Gasteiger partial charge is 0.339 e. The van der Waals surface area contributed by atoms with Gasteiger partial charge in [-0.25, -0.2) is 9.78 Å².